The summed E-state index contributed by atoms with van der Waals surface area (Å²) in [5.74, 6) is 0.366. The first kappa shape index (κ1) is 18.4. The number of hydrogen-bond acceptors (Lipinski definition) is 2. The van der Waals surface area contributed by atoms with E-state index in [1.807, 2.05) is 24.8 Å². The quantitative estimate of drug-likeness (QED) is 0.798. The number of carbonyl (C=O) groups is 2. The fourth-order valence-corrected chi connectivity index (χ4v) is 4.53. The van der Waals surface area contributed by atoms with E-state index in [0.717, 1.165) is 37.1 Å². The van der Waals surface area contributed by atoms with E-state index < -0.39 is 0 Å². The molecule has 1 aliphatic rings. The molecule has 4 heteroatoms. The van der Waals surface area contributed by atoms with E-state index >= 15 is 0 Å². The second-order valence-corrected chi connectivity index (χ2v) is 7.31. The molecule has 1 aromatic heterocycles. The van der Waals surface area contributed by atoms with Gasteiger partial charge in [0.05, 0.1) is 0 Å². The highest BCUT2D eigenvalue weighted by molar-refractivity contribution is 6.02. The number of hydrogen-bond donors (Lipinski definition) is 1. The number of carbonyl (C=O) groups excluding carboxylic acids is 2. The minimum absolute atomic E-state index is 0.00370. The lowest BCUT2D eigenvalue weighted by Crippen LogP contribution is -2.39. The number of nitrogens with one attached hydrogen (secondary N) is 1. The Morgan fingerprint density at radius 2 is 1.92 bits per heavy atom. The van der Waals surface area contributed by atoms with Crippen LogP contribution in [-0.2, 0) is 0 Å². The molecule has 2 heterocycles. The Labute approximate surface area is 155 Å². The average Bonchev–Trinajstić information content (AvgIpc) is 3.20. The summed E-state index contributed by atoms with van der Waals surface area (Å²) in [7, 11) is 0. The van der Waals surface area contributed by atoms with Gasteiger partial charge in [0.15, 0.2) is 5.78 Å². The molecule has 1 aromatic carbocycles. The number of ketones is 1. The third kappa shape index (κ3) is 3.20. The lowest BCUT2D eigenvalue weighted by molar-refractivity contribution is 0.0708. The molecule has 1 saturated heterocycles. The molecule has 0 radical (unpaired) electrons. The number of aromatic nitrogens is 1. The van der Waals surface area contributed by atoms with E-state index in [1.54, 1.807) is 6.92 Å². The van der Waals surface area contributed by atoms with Crippen LogP contribution in [0.2, 0.25) is 0 Å². The van der Waals surface area contributed by atoms with Crippen molar-refractivity contribution in [3.63, 3.8) is 0 Å². The number of likely N-dealkylation sites (tertiary alicyclic amines) is 1. The van der Waals surface area contributed by atoms with Gasteiger partial charge < -0.3 is 9.88 Å². The average molecular weight is 352 g/mol. The topological polar surface area (TPSA) is 53.2 Å². The molecule has 0 aliphatic carbocycles. The molecule has 0 unspecified atom stereocenters. The van der Waals surface area contributed by atoms with Crippen LogP contribution in [0.25, 0.3) is 0 Å². The summed E-state index contributed by atoms with van der Waals surface area (Å²) in [4.78, 5) is 30.4. The summed E-state index contributed by atoms with van der Waals surface area (Å²) in [5.41, 5.74) is 4.08. The van der Waals surface area contributed by atoms with Crippen LogP contribution in [-0.4, -0.2) is 34.2 Å². The van der Waals surface area contributed by atoms with E-state index in [-0.39, 0.29) is 17.7 Å². The molecule has 0 bridgehead atoms. The number of aryl methyl sites for hydroxylation is 1. The number of Topliss-reactive ketones (excluding diaryl/α,β-unsaturated/α-hetero) is 1. The second kappa shape index (κ2) is 7.48. The summed E-state index contributed by atoms with van der Waals surface area (Å²) >= 11 is 0. The van der Waals surface area contributed by atoms with Gasteiger partial charge in [0, 0.05) is 29.8 Å². The summed E-state index contributed by atoms with van der Waals surface area (Å²) in [5, 5.41) is 0. The van der Waals surface area contributed by atoms with Gasteiger partial charge in [-0.2, -0.15) is 0 Å². The molecule has 2 aromatic rings. The van der Waals surface area contributed by atoms with Crippen molar-refractivity contribution >= 4 is 11.7 Å². The standard InChI is InChI=1S/C22H28N2O2/c1-5-18(17-10-7-6-8-11-17)19-12-9-13-24(19)22(26)21-14(2)20(16(4)25)15(3)23-21/h6-8,10-11,18-19,23H,5,9,12-13H2,1-4H3/t18-,19-/m1/s1. The summed E-state index contributed by atoms with van der Waals surface area (Å²) in [6, 6.07) is 10.7. The molecule has 1 amide bonds. The second-order valence-electron chi connectivity index (χ2n) is 7.31. The molecule has 1 fully saturated rings. The van der Waals surface area contributed by atoms with E-state index in [2.05, 4.69) is 36.2 Å². The Morgan fingerprint density at radius 1 is 1.23 bits per heavy atom. The van der Waals surface area contributed by atoms with Crippen LogP contribution in [0.1, 0.15) is 76.7 Å². The van der Waals surface area contributed by atoms with Crippen molar-refractivity contribution < 1.29 is 9.59 Å². The van der Waals surface area contributed by atoms with E-state index in [0.29, 0.717) is 17.2 Å². The Morgan fingerprint density at radius 3 is 2.50 bits per heavy atom. The normalized spacial score (nSPS) is 18.2. The molecule has 2 atom stereocenters. The van der Waals surface area contributed by atoms with E-state index in [4.69, 9.17) is 0 Å². The Kier molecular flexibility index (Phi) is 5.30. The van der Waals surface area contributed by atoms with Crippen molar-refractivity contribution in [2.75, 3.05) is 6.54 Å². The van der Waals surface area contributed by atoms with Crippen molar-refractivity contribution in [2.24, 2.45) is 0 Å². The van der Waals surface area contributed by atoms with Crippen molar-refractivity contribution in [2.45, 2.75) is 58.9 Å². The van der Waals surface area contributed by atoms with Crippen molar-refractivity contribution in [3.8, 4) is 0 Å². The number of rotatable bonds is 5. The van der Waals surface area contributed by atoms with Crippen molar-refractivity contribution in [1.29, 1.82) is 0 Å². The fourth-order valence-electron chi connectivity index (χ4n) is 4.53. The number of aromatic amines is 1. The van der Waals surface area contributed by atoms with E-state index in [9.17, 15) is 9.59 Å². The van der Waals surface area contributed by atoms with Crippen LogP contribution < -0.4 is 0 Å². The number of nitrogens with zero attached hydrogens (tertiary/aromatic N) is 1. The highest BCUT2D eigenvalue weighted by atomic mass is 16.2. The molecule has 3 rings (SSSR count). The first-order valence-corrected chi connectivity index (χ1v) is 9.51. The highest BCUT2D eigenvalue weighted by Crippen LogP contribution is 2.35. The van der Waals surface area contributed by atoms with Crippen LogP contribution in [0.5, 0.6) is 0 Å². The summed E-state index contributed by atoms with van der Waals surface area (Å²) in [6.45, 7) is 8.25. The molecule has 0 saturated carbocycles. The Bertz CT molecular complexity index is 807. The summed E-state index contributed by atoms with van der Waals surface area (Å²) in [6.07, 6.45) is 3.05. The zero-order valence-corrected chi connectivity index (χ0v) is 16.1. The Hall–Kier alpha value is -2.36. The molecule has 4 nitrogen and oxygen atoms in total. The number of benzene rings is 1. The third-order valence-corrected chi connectivity index (χ3v) is 5.70. The zero-order valence-electron chi connectivity index (χ0n) is 16.1. The molecule has 138 valence electrons. The lowest BCUT2D eigenvalue weighted by Gasteiger charge is -2.31. The van der Waals surface area contributed by atoms with Gasteiger partial charge in [0.1, 0.15) is 5.69 Å². The van der Waals surface area contributed by atoms with Crippen LogP contribution in [0.3, 0.4) is 0 Å². The first-order valence-electron chi connectivity index (χ1n) is 9.51. The predicted molar refractivity (Wildman–Crippen MR) is 104 cm³/mol. The van der Waals surface area contributed by atoms with Gasteiger partial charge in [0.2, 0.25) is 0 Å². The molecule has 26 heavy (non-hydrogen) atoms. The number of H-pyrrole nitrogens is 1. The SMILES string of the molecule is CC[C@H](c1ccccc1)[C@H]1CCCN1C(=O)c1[nH]c(C)c(C(C)=O)c1C. The van der Waals surface area contributed by atoms with E-state index in [1.165, 1.54) is 5.56 Å². The molecular weight excluding hydrogens is 324 g/mol. The number of amides is 1. The lowest BCUT2D eigenvalue weighted by atomic mass is 9.87. The largest absolute Gasteiger partial charge is 0.354 e. The summed E-state index contributed by atoms with van der Waals surface area (Å²) < 4.78 is 0. The third-order valence-electron chi connectivity index (χ3n) is 5.70. The van der Waals surface area contributed by atoms with Gasteiger partial charge >= 0.3 is 0 Å². The van der Waals surface area contributed by atoms with Gasteiger partial charge in [-0.15, -0.1) is 0 Å². The van der Waals surface area contributed by atoms with Gasteiger partial charge in [-0.3, -0.25) is 9.59 Å². The van der Waals surface area contributed by atoms with Crippen LogP contribution in [0.4, 0.5) is 0 Å². The molecular formula is C22H28N2O2. The minimum atomic E-state index is 0.00370. The highest BCUT2D eigenvalue weighted by Gasteiger charge is 2.36. The van der Waals surface area contributed by atoms with Crippen LogP contribution in [0, 0.1) is 13.8 Å². The monoisotopic (exact) mass is 352 g/mol. The van der Waals surface area contributed by atoms with Gasteiger partial charge in [-0.05, 0) is 51.2 Å². The first-order chi connectivity index (χ1) is 12.5. The fraction of sp³-hybridized carbons (Fsp3) is 0.455. The smallest absolute Gasteiger partial charge is 0.270 e. The maximum absolute atomic E-state index is 13.3. The zero-order chi connectivity index (χ0) is 18.8. The predicted octanol–water partition coefficient (Wildman–Crippen LogP) is 4.63. The van der Waals surface area contributed by atoms with Gasteiger partial charge in [-0.1, -0.05) is 37.3 Å². The Balaban J connectivity index is 1.92. The van der Waals surface area contributed by atoms with Gasteiger partial charge in [0.25, 0.3) is 5.91 Å². The maximum Gasteiger partial charge on any atom is 0.270 e. The van der Waals surface area contributed by atoms with Crippen molar-refractivity contribution in [1.82, 2.24) is 9.88 Å². The maximum atomic E-state index is 13.3. The minimum Gasteiger partial charge on any atom is -0.354 e. The van der Waals surface area contributed by atoms with Crippen LogP contribution >= 0.6 is 0 Å². The molecule has 1 aliphatic heterocycles. The van der Waals surface area contributed by atoms with Crippen LogP contribution in [0.15, 0.2) is 30.3 Å². The molecule has 1 N–H and O–H groups in total. The van der Waals surface area contributed by atoms with Crippen molar-refractivity contribution in [3.05, 3.63) is 58.4 Å². The molecule has 0 spiro atoms. The van der Waals surface area contributed by atoms with Gasteiger partial charge in [-0.25, -0.2) is 0 Å².